The Kier molecular flexibility index (Phi) is 5.28. The molecule has 1 heterocycles. The lowest BCUT2D eigenvalue weighted by Gasteiger charge is -2.26. The Balaban J connectivity index is 1.68. The fourth-order valence-electron chi connectivity index (χ4n) is 2.05. The van der Waals surface area contributed by atoms with E-state index in [0.717, 1.165) is 61.7 Å². The first kappa shape index (κ1) is 13.6. The summed E-state index contributed by atoms with van der Waals surface area (Å²) in [5.41, 5.74) is 7.73. The zero-order valence-electron chi connectivity index (χ0n) is 10.5. The number of nitrogens with one attached hydrogen (secondary N) is 1. The van der Waals surface area contributed by atoms with E-state index in [2.05, 4.69) is 26.1 Å². The second-order valence-corrected chi connectivity index (χ2v) is 5.38. The Labute approximate surface area is 117 Å². The molecule has 0 atom stereocenters. The van der Waals surface area contributed by atoms with Crippen molar-refractivity contribution in [2.24, 2.45) is 0 Å². The smallest absolute Gasteiger partial charge is 0.0594 e. The number of halogens is 1. The third-order valence-corrected chi connectivity index (χ3v) is 3.58. The number of rotatable bonds is 5. The van der Waals surface area contributed by atoms with E-state index < -0.39 is 0 Å². The van der Waals surface area contributed by atoms with Crippen molar-refractivity contribution in [3.8, 4) is 0 Å². The van der Waals surface area contributed by atoms with Crippen molar-refractivity contribution in [3.05, 3.63) is 22.7 Å². The summed E-state index contributed by atoms with van der Waals surface area (Å²) < 4.78 is 6.34. The van der Waals surface area contributed by atoms with Crippen LogP contribution in [-0.2, 0) is 4.74 Å². The second kappa shape index (κ2) is 6.97. The van der Waals surface area contributed by atoms with Gasteiger partial charge in [-0.15, -0.1) is 0 Å². The number of ether oxygens (including phenoxy) is 1. The van der Waals surface area contributed by atoms with Gasteiger partial charge in [0.05, 0.1) is 24.6 Å². The number of anilines is 2. The van der Waals surface area contributed by atoms with E-state index in [-0.39, 0.29) is 0 Å². The summed E-state index contributed by atoms with van der Waals surface area (Å²) in [6, 6.07) is 5.93. The van der Waals surface area contributed by atoms with Crippen molar-refractivity contribution >= 4 is 27.3 Å². The molecule has 0 bridgehead atoms. The molecule has 0 spiro atoms. The van der Waals surface area contributed by atoms with Crippen LogP contribution in [-0.4, -0.2) is 44.3 Å². The normalized spacial score (nSPS) is 16.7. The van der Waals surface area contributed by atoms with E-state index in [4.69, 9.17) is 10.5 Å². The number of nitrogens with two attached hydrogens (primary N) is 1. The molecular formula is C13H20BrN3O. The van der Waals surface area contributed by atoms with Gasteiger partial charge < -0.3 is 15.8 Å². The van der Waals surface area contributed by atoms with E-state index in [1.54, 1.807) is 0 Å². The molecule has 0 aromatic heterocycles. The van der Waals surface area contributed by atoms with Gasteiger partial charge in [0, 0.05) is 24.1 Å². The molecule has 18 heavy (non-hydrogen) atoms. The Bertz CT molecular complexity index is 380. The fraction of sp³-hybridized carbons (Fsp3) is 0.538. The van der Waals surface area contributed by atoms with Gasteiger partial charge in [0.25, 0.3) is 0 Å². The molecular weight excluding hydrogens is 294 g/mol. The number of nitrogens with zero attached hydrogens (tertiary/aromatic N) is 1. The van der Waals surface area contributed by atoms with Crippen LogP contribution in [0.15, 0.2) is 22.7 Å². The summed E-state index contributed by atoms with van der Waals surface area (Å²) >= 11 is 3.40. The topological polar surface area (TPSA) is 50.5 Å². The third kappa shape index (κ3) is 4.15. The summed E-state index contributed by atoms with van der Waals surface area (Å²) in [6.07, 6.45) is 1.12. The second-order valence-electron chi connectivity index (χ2n) is 4.47. The van der Waals surface area contributed by atoms with E-state index in [9.17, 15) is 0 Å². The lowest BCUT2D eigenvalue weighted by atomic mass is 10.2. The van der Waals surface area contributed by atoms with Crippen molar-refractivity contribution in [1.29, 1.82) is 0 Å². The standard InChI is InChI=1S/C13H20BrN3O/c14-11-2-3-13(12(15)10-11)16-4-1-5-17-6-8-18-9-7-17/h2-3,10,16H,1,4-9,15H2. The summed E-state index contributed by atoms with van der Waals surface area (Å²) in [4.78, 5) is 2.44. The van der Waals surface area contributed by atoms with Crippen molar-refractivity contribution in [2.45, 2.75) is 6.42 Å². The molecule has 1 saturated heterocycles. The summed E-state index contributed by atoms with van der Waals surface area (Å²) in [7, 11) is 0. The first-order valence-corrected chi connectivity index (χ1v) is 7.14. The van der Waals surface area contributed by atoms with Crippen LogP contribution in [0.4, 0.5) is 11.4 Å². The van der Waals surface area contributed by atoms with E-state index in [1.165, 1.54) is 0 Å². The molecule has 0 unspecified atom stereocenters. The number of hydrogen-bond donors (Lipinski definition) is 2. The number of benzene rings is 1. The van der Waals surface area contributed by atoms with Crippen LogP contribution in [0, 0.1) is 0 Å². The zero-order chi connectivity index (χ0) is 12.8. The molecule has 0 radical (unpaired) electrons. The summed E-state index contributed by atoms with van der Waals surface area (Å²) in [5.74, 6) is 0. The van der Waals surface area contributed by atoms with Gasteiger partial charge in [0.15, 0.2) is 0 Å². The molecule has 1 aliphatic heterocycles. The SMILES string of the molecule is Nc1cc(Br)ccc1NCCCN1CCOCC1. The van der Waals surface area contributed by atoms with Crippen molar-refractivity contribution in [2.75, 3.05) is 50.4 Å². The van der Waals surface area contributed by atoms with Crippen LogP contribution in [0.1, 0.15) is 6.42 Å². The van der Waals surface area contributed by atoms with E-state index in [0.29, 0.717) is 0 Å². The molecule has 1 fully saturated rings. The van der Waals surface area contributed by atoms with E-state index in [1.807, 2.05) is 18.2 Å². The molecule has 5 heteroatoms. The Hall–Kier alpha value is -0.780. The highest BCUT2D eigenvalue weighted by atomic mass is 79.9. The maximum atomic E-state index is 5.93. The molecule has 0 saturated carbocycles. The van der Waals surface area contributed by atoms with Crippen LogP contribution < -0.4 is 11.1 Å². The van der Waals surface area contributed by atoms with Crippen molar-refractivity contribution < 1.29 is 4.74 Å². The molecule has 0 aliphatic carbocycles. The largest absolute Gasteiger partial charge is 0.397 e. The minimum Gasteiger partial charge on any atom is -0.397 e. The van der Waals surface area contributed by atoms with Gasteiger partial charge in [-0.3, -0.25) is 4.90 Å². The fourth-order valence-corrected chi connectivity index (χ4v) is 2.42. The van der Waals surface area contributed by atoms with Crippen molar-refractivity contribution in [1.82, 2.24) is 4.90 Å². The van der Waals surface area contributed by atoms with Crippen LogP contribution in [0.5, 0.6) is 0 Å². The highest BCUT2D eigenvalue weighted by Gasteiger charge is 2.09. The zero-order valence-corrected chi connectivity index (χ0v) is 12.1. The average molecular weight is 314 g/mol. The van der Waals surface area contributed by atoms with E-state index >= 15 is 0 Å². The van der Waals surface area contributed by atoms with Crippen LogP contribution in [0.3, 0.4) is 0 Å². The third-order valence-electron chi connectivity index (χ3n) is 3.08. The molecule has 100 valence electrons. The van der Waals surface area contributed by atoms with Crippen LogP contribution >= 0.6 is 15.9 Å². The monoisotopic (exact) mass is 313 g/mol. The van der Waals surface area contributed by atoms with Gasteiger partial charge in [-0.1, -0.05) is 15.9 Å². The molecule has 3 N–H and O–H groups in total. The van der Waals surface area contributed by atoms with Gasteiger partial charge in [-0.25, -0.2) is 0 Å². The lowest BCUT2D eigenvalue weighted by molar-refractivity contribution is 0.0378. The molecule has 2 rings (SSSR count). The molecule has 1 aliphatic rings. The molecule has 1 aromatic carbocycles. The Morgan fingerprint density at radius 2 is 2.11 bits per heavy atom. The minimum atomic E-state index is 0.788. The molecule has 0 amide bonds. The predicted octanol–water partition coefficient (Wildman–Crippen LogP) is 2.17. The number of hydrogen-bond acceptors (Lipinski definition) is 4. The first-order valence-electron chi connectivity index (χ1n) is 6.35. The maximum Gasteiger partial charge on any atom is 0.0594 e. The first-order chi connectivity index (χ1) is 8.75. The number of nitrogen functional groups attached to an aromatic ring is 1. The van der Waals surface area contributed by atoms with Crippen molar-refractivity contribution in [3.63, 3.8) is 0 Å². The van der Waals surface area contributed by atoms with Gasteiger partial charge in [-0.2, -0.15) is 0 Å². The van der Waals surface area contributed by atoms with Gasteiger partial charge in [-0.05, 0) is 31.2 Å². The van der Waals surface area contributed by atoms with Crippen LogP contribution in [0.2, 0.25) is 0 Å². The Morgan fingerprint density at radius 1 is 1.33 bits per heavy atom. The summed E-state index contributed by atoms with van der Waals surface area (Å²) in [5, 5.41) is 3.38. The predicted molar refractivity (Wildman–Crippen MR) is 78.9 cm³/mol. The van der Waals surface area contributed by atoms with Crippen LogP contribution in [0.25, 0.3) is 0 Å². The molecule has 1 aromatic rings. The van der Waals surface area contributed by atoms with Gasteiger partial charge >= 0.3 is 0 Å². The van der Waals surface area contributed by atoms with Gasteiger partial charge in [0.2, 0.25) is 0 Å². The van der Waals surface area contributed by atoms with Gasteiger partial charge in [0.1, 0.15) is 0 Å². The lowest BCUT2D eigenvalue weighted by Crippen LogP contribution is -2.37. The highest BCUT2D eigenvalue weighted by molar-refractivity contribution is 9.10. The number of morpholine rings is 1. The summed E-state index contributed by atoms with van der Waals surface area (Å²) in [6.45, 7) is 5.91. The Morgan fingerprint density at radius 3 is 2.83 bits per heavy atom. The minimum absolute atomic E-state index is 0.788. The average Bonchev–Trinajstić information content (AvgIpc) is 2.38. The quantitative estimate of drug-likeness (QED) is 0.646. The highest BCUT2D eigenvalue weighted by Crippen LogP contribution is 2.22. The maximum absolute atomic E-state index is 5.93. The molecule has 4 nitrogen and oxygen atoms in total.